The summed E-state index contributed by atoms with van der Waals surface area (Å²) in [7, 11) is 8.83. The molecule has 0 bridgehead atoms. The van der Waals surface area contributed by atoms with E-state index in [4.69, 9.17) is 33.2 Å². The van der Waals surface area contributed by atoms with Crippen molar-refractivity contribution in [2.75, 3.05) is 68.9 Å². The summed E-state index contributed by atoms with van der Waals surface area (Å²) in [5, 5.41) is 0. The number of esters is 1. The zero-order valence-electron chi connectivity index (χ0n) is 25.7. The molecule has 0 radical (unpaired) electrons. The van der Waals surface area contributed by atoms with Crippen molar-refractivity contribution in [2.45, 2.75) is 26.8 Å². The van der Waals surface area contributed by atoms with E-state index >= 15 is 0 Å². The average molecular weight is 589 g/mol. The van der Waals surface area contributed by atoms with Crippen LogP contribution >= 0.6 is 0 Å². The van der Waals surface area contributed by atoms with E-state index in [1.807, 2.05) is 0 Å². The average Bonchev–Trinajstić information content (AvgIpc) is 3.00. The van der Waals surface area contributed by atoms with Crippen molar-refractivity contribution in [3.63, 3.8) is 0 Å². The molecule has 3 rings (SSSR count). The van der Waals surface area contributed by atoms with Crippen molar-refractivity contribution in [2.24, 2.45) is 5.41 Å². The van der Waals surface area contributed by atoms with Crippen LogP contribution in [0.15, 0.2) is 24.3 Å². The van der Waals surface area contributed by atoms with Crippen molar-refractivity contribution in [3.05, 3.63) is 35.4 Å². The van der Waals surface area contributed by atoms with Crippen LogP contribution in [0.3, 0.4) is 0 Å². The summed E-state index contributed by atoms with van der Waals surface area (Å²) >= 11 is 0. The Balaban J connectivity index is 1.95. The minimum absolute atomic E-state index is 0.106. The molecule has 1 fully saturated rings. The fourth-order valence-corrected chi connectivity index (χ4v) is 4.60. The van der Waals surface area contributed by atoms with Gasteiger partial charge in [0.15, 0.2) is 23.0 Å². The molecule has 42 heavy (non-hydrogen) atoms. The van der Waals surface area contributed by atoms with E-state index in [2.05, 4.69) is 0 Å². The Morgan fingerprint density at radius 2 is 1.12 bits per heavy atom. The maximum absolute atomic E-state index is 13.9. The quantitative estimate of drug-likeness (QED) is 0.382. The number of hydrogen-bond donors (Lipinski definition) is 0. The lowest BCUT2D eigenvalue weighted by Gasteiger charge is -2.41. The van der Waals surface area contributed by atoms with Crippen LogP contribution in [0.1, 0.15) is 41.5 Å². The third kappa shape index (κ3) is 6.75. The second-order valence-corrected chi connectivity index (χ2v) is 10.6. The highest BCUT2D eigenvalue weighted by Gasteiger charge is 2.36. The highest BCUT2D eigenvalue weighted by molar-refractivity contribution is 5.97. The lowest BCUT2D eigenvalue weighted by molar-refractivity contribution is -0.155. The molecular formula is C30H40N2O10. The van der Waals surface area contributed by atoms with Gasteiger partial charge in [-0.15, -0.1) is 0 Å². The molecule has 0 N–H and O–H groups in total. The first-order valence-corrected chi connectivity index (χ1v) is 13.3. The Labute approximate surface area is 246 Å². The smallest absolute Gasteiger partial charge is 0.311 e. The van der Waals surface area contributed by atoms with Crippen LogP contribution in [-0.2, 0) is 9.53 Å². The number of hydrogen-bond acceptors (Lipinski definition) is 10. The van der Waals surface area contributed by atoms with Crippen molar-refractivity contribution in [1.82, 2.24) is 9.80 Å². The second-order valence-electron chi connectivity index (χ2n) is 10.6. The highest BCUT2D eigenvalue weighted by Crippen LogP contribution is 2.40. The number of carbonyl (C=O) groups is 3. The molecule has 1 atom stereocenters. The molecule has 2 aromatic rings. The first-order valence-electron chi connectivity index (χ1n) is 13.3. The highest BCUT2D eigenvalue weighted by atomic mass is 16.5. The van der Waals surface area contributed by atoms with Gasteiger partial charge in [-0.1, -0.05) is 0 Å². The third-order valence-electron chi connectivity index (χ3n) is 6.87. The van der Waals surface area contributed by atoms with Crippen LogP contribution in [0.4, 0.5) is 0 Å². The summed E-state index contributed by atoms with van der Waals surface area (Å²) in [4.78, 5) is 43.4. The number of rotatable bonds is 10. The molecule has 1 heterocycles. The molecule has 12 nitrogen and oxygen atoms in total. The van der Waals surface area contributed by atoms with Gasteiger partial charge in [0.05, 0.1) is 54.1 Å². The molecule has 0 saturated carbocycles. The lowest BCUT2D eigenvalue weighted by Crippen LogP contribution is -2.58. The van der Waals surface area contributed by atoms with Gasteiger partial charge in [0.1, 0.15) is 6.61 Å². The molecule has 1 aliphatic rings. The number of nitrogens with zero attached hydrogens (tertiary/aromatic N) is 2. The van der Waals surface area contributed by atoms with E-state index < -0.39 is 17.4 Å². The molecule has 12 heteroatoms. The number of piperazine rings is 1. The predicted molar refractivity (Wildman–Crippen MR) is 153 cm³/mol. The van der Waals surface area contributed by atoms with Gasteiger partial charge in [-0.05, 0) is 45.0 Å². The van der Waals surface area contributed by atoms with Crippen LogP contribution < -0.4 is 28.4 Å². The van der Waals surface area contributed by atoms with E-state index in [-0.39, 0.29) is 38.1 Å². The molecule has 1 saturated heterocycles. The number of carbonyl (C=O) groups excluding carboxylic acids is 3. The van der Waals surface area contributed by atoms with Crippen LogP contribution in [0.25, 0.3) is 0 Å². The minimum atomic E-state index is -0.744. The van der Waals surface area contributed by atoms with Gasteiger partial charge in [-0.2, -0.15) is 0 Å². The summed E-state index contributed by atoms with van der Waals surface area (Å²) in [5.41, 5.74) is -0.133. The molecular weight excluding hydrogens is 548 g/mol. The third-order valence-corrected chi connectivity index (χ3v) is 6.87. The Morgan fingerprint density at radius 1 is 0.690 bits per heavy atom. The van der Waals surface area contributed by atoms with Gasteiger partial charge in [0.2, 0.25) is 11.5 Å². The van der Waals surface area contributed by atoms with Crippen molar-refractivity contribution in [1.29, 1.82) is 0 Å². The first-order chi connectivity index (χ1) is 19.9. The van der Waals surface area contributed by atoms with Gasteiger partial charge in [-0.3, -0.25) is 14.4 Å². The second kappa shape index (κ2) is 13.5. The lowest BCUT2D eigenvalue weighted by atomic mass is 9.97. The summed E-state index contributed by atoms with van der Waals surface area (Å²) in [5.74, 6) is 0.985. The van der Waals surface area contributed by atoms with Crippen LogP contribution in [-0.4, -0.2) is 103 Å². The molecule has 0 spiro atoms. The molecule has 1 aliphatic heterocycles. The topological polar surface area (TPSA) is 122 Å². The van der Waals surface area contributed by atoms with Crippen LogP contribution in [0.2, 0.25) is 0 Å². The van der Waals surface area contributed by atoms with Crippen molar-refractivity contribution >= 4 is 17.8 Å². The molecule has 0 unspecified atom stereocenters. The Bertz CT molecular complexity index is 1250. The summed E-state index contributed by atoms with van der Waals surface area (Å²) in [6.45, 7) is 5.66. The van der Waals surface area contributed by atoms with E-state index in [1.54, 1.807) is 54.8 Å². The number of ether oxygens (including phenoxy) is 7. The summed E-state index contributed by atoms with van der Waals surface area (Å²) in [6.07, 6.45) is 0. The normalized spacial score (nSPS) is 15.0. The van der Waals surface area contributed by atoms with E-state index in [9.17, 15) is 14.4 Å². The molecule has 2 aromatic carbocycles. The number of benzene rings is 2. The number of amides is 2. The zero-order chi connectivity index (χ0) is 31.2. The Hall–Kier alpha value is -4.35. The van der Waals surface area contributed by atoms with Gasteiger partial charge >= 0.3 is 5.97 Å². The summed E-state index contributed by atoms with van der Waals surface area (Å²) < 4.78 is 38.1. The number of methoxy groups -OCH3 is 6. The van der Waals surface area contributed by atoms with Gasteiger partial charge in [-0.25, -0.2) is 0 Å². The van der Waals surface area contributed by atoms with Crippen LogP contribution in [0, 0.1) is 5.41 Å². The van der Waals surface area contributed by atoms with Gasteiger partial charge in [0, 0.05) is 30.8 Å². The zero-order valence-corrected chi connectivity index (χ0v) is 25.7. The molecule has 0 aliphatic carbocycles. The van der Waals surface area contributed by atoms with E-state index in [0.717, 1.165) is 0 Å². The monoisotopic (exact) mass is 588 g/mol. The molecule has 230 valence electrons. The first kappa shape index (κ1) is 32.2. The SMILES string of the molecule is COc1cc(C(=O)N2CCN(C(=O)c3cc(OC)c(OC)c(OC)c3)[C@H](COC(=O)C(C)(C)C)C2)cc(OC)c1OC. The largest absolute Gasteiger partial charge is 0.493 e. The minimum Gasteiger partial charge on any atom is -0.493 e. The Morgan fingerprint density at radius 3 is 1.50 bits per heavy atom. The molecule has 0 aromatic heterocycles. The summed E-state index contributed by atoms with van der Waals surface area (Å²) in [6, 6.07) is 5.64. The standard InChI is InChI=1S/C30H40N2O10/c1-30(2,3)29(35)42-17-20-16-31(27(33)18-12-21(36-4)25(40-8)22(13-18)37-5)10-11-32(20)28(34)19-14-23(38-6)26(41-9)24(15-19)39-7/h12-15,20H,10-11,16-17H2,1-9H3/t20-/m0/s1. The fourth-order valence-electron chi connectivity index (χ4n) is 4.60. The fraction of sp³-hybridized carbons (Fsp3) is 0.500. The van der Waals surface area contributed by atoms with E-state index in [1.165, 1.54) is 42.7 Å². The van der Waals surface area contributed by atoms with Crippen molar-refractivity contribution < 1.29 is 47.5 Å². The van der Waals surface area contributed by atoms with Gasteiger partial charge in [0.25, 0.3) is 11.8 Å². The Kier molecular flexibility index (Phi) is 10.4. The van der Waals surface area contributed by atoms with Gasteiger partial charge < -0.3 is 43.0 Å². The predicted octanol–water partition coefficient (Wildman–Crippen LogP) is 3.29. The maximum atomic E-state index is 13.9. The van der Waals surface area contributed by atoms with Crippen LogP contribution in [0.5, 0.6) is 34.5 Å². The van der Waals surface area contributed by atoms with E-state index in [0.29, 0.717) is 45.6 Å². The molecule has 2 amide bonds. The maximum Gasteiger partial charge on any atom is 0.311 e. The van der Waals surface area contributed by atoms with Crippen molar-refractivity contribution in [3.8, 4) is 34.5 Å².